The average molecular weight is 192 g/mol. The number of hydrogen-bond donors (Lipinski definition) is 1. The Balaban J connectivity index is 1.95. The van der Waals surface area contributed by atoms with Gasteiger partial charge >= 0.3 is 0 Å². The Labute approximate surface area is 80.6 Å². The van der Waals surface area contributed by atoms with Crippen molar-refractivity contribution >= 4 is 5.69 Å². The molecule has 0 saturated carbocycles. The van der Waals surface area contributed by atoms with Gasteiger partial charge in [0.05, 0.1) is 24.4 Å². The van der Waals surface area contributed by atoms with E-state index in [0.717, 1.165) is 11.3 Å². The summed E-state index contributed by atoms with van der Waals surface area (Å²) in [5.41, 5.74) is 1.82. The number of pyridine rings is 1. The van der Waals surface area contributed by atoms with Crippen molar-refractivity contribution in [2.75, 3.05) is 5.32 Å². The third-order valence-corrected chi connectivity index (χ3v) is 1.80. The zero-order valence-electron chi connectivity index (χ0n) is 7.40. The van der Waals surface area contributed by atoms with Crippen molar-refractivity contribution < 1.29 is 8.81 Å². The fourth-order valence-corrected chi connectivity index (χ4v) is 1.08. The molecule has 0 unspecified atom stereocenters. The van der Waals surface area contributed by atoms with E-state index in [1.807, 2.05) is 6.07 Å². The van der Waals surface area contributed by atoms with Crippen molar-refractivity contribution in [3.05, 3.63) is 48.4 Å². The van der Waals surface area contributed by atoms with E-state index in [-0.39, 0.29) is 0 Å². The SMILES string of the molecule is Fc1ccc(NCc2ccoc2)cn1. The van der Waals surface area contributed by atoms with Crippen LogP contribution in [0.1, 0.15) is 5.56 Å². The molecular weight excluding hydrogens is 183 g/mol. The summed E-state index contributed by atoms with van der Waals surface area (Å²) in [7, 11) is 0. The van der Waals surface area contributed by atoms with Crippen molar-refractivity contribution in [1.29, 1.82) is 0 Å². The van der Waals surface area contributed by atoms with Crippen LogP contribution in [-0.4, -0.2) is 4.98 Å². The number of furan rings is 1. The third kappa shape index (κ3) is 2.10. The topological polar surface area (TPSA) is 38.1 Å². The summed E-state index contributed by atoms with van der Waals surface area (Å²) >= 11 is 0. The van der Waals surface area contributed by atoms with Crippen molar-refractivity contribution in [2.45, 2.75) is 6.54 Å². The second kappa shape index (κ2) is 3.91. The molecule has 0 aliphatic carbocycles. The zero-order chi connectivity index (χ0) is 9.80. The Morgan fingerprint density at radius 2 is 2.29 bits per heavy atom. The Kier molecular flexibility index (Phi) is 2.44. The standard InChI is InChI=1S/C10H9FN2O/c11-10-2-1-9(6-13-10)12-5-8-3-4-14-7-8/h1-4,6-7,12H,5H2. The van der Waals surface area contributed by atoms with Gasteiger partial charge in [-0.15, -0.1) is 0 Å². The summed E-state index contributed by atoms with van der Waals surface area (Å²) in [5.74, 6) is -0.473. The summed E-state index contributed by atoms with van der Waals surface area (Å²) < 4.78 is 17.4. The molecule has 1 N–H and O–H groups in total. The van der Waals surface area contributed by atoms with Gasteiger partial charge in [0.1, 0.15) is 0 Å². The Morgan fingerprint density at radius 3 is 2.93 bits per heavy atom. The molecule has 2 aromatic rings. The molecule has 14 heavy (non-hydrogen) atoms. The lowest BCUT2D eigenvalue weighted by Gasteiger charge is -2.02. The van der Waals surface area contributed by atoms with Crippen LogP contribution < -0.4 is 5.32 Å². The smallest absolute Gasteiger partial charge is 0.212 e. The van der Waals surface area contributed by atoms with Crippen molar-refractivity contribution in [3.63, 3.8) is 0 Å². The van der Waals surface area contributed by atoms with Crippen LogP contribution in [0.4, 0.5) is 10.1 Å². The number of nitrogens with one attached hydrogen (secondary N) is 1. The molecule has 2 rings (SSSR count). The molecule has 0 aliphatic rings. The first kappa shape index (κ1) is 8.74. The van der Waals surface area contributed by atoms with E-state index in [1.165, 1.54) is 12.3 Å². The van der Waals surface area contributed by atoms with Gasteiger partial charge in [-0.3, -0.25) is 0 Å². The molecule has 0 aromatic carbocycles. The Bertz CT molecular complexity index is 383. The van der Waals surface area contributed by atoms with E-state index >= 15 is 0 Å². The highest BCUT2D eigenvalue weighted by atomic mass is 19.1. The quantitative estimate of drug-likeness (QED) is 0.759. The number of anilines is 1. The van der Waals surface area contributed by atoms with Crippen molar-refractivity contribution in [1.82, 2.24) is 4.98 Å². The summed E-state index contributed by atoms with van der Waals surface area (Å²) in [4.78, 5) is 3.53. The first-order valence-corrected chi connectivity index (χ1v) is 4.21. The third-order valence-electron chi connectivity index (χ3n) is 1.80. The molecule has 2 heterocycles. The van der Waals surface area contributed by atoms with E-state index in [4.69, 9.17) is 4.42 Å². The highest BCUT2D eigenvalue weighted by Crippen LogP contribution is 2.08. The number of rotatable bonds is 3. The van der Waals surface area contributed by atoms with Crippen LogP contribution in [0.3, 0.4) is 0 Å². The van der Waals surface area contributed by atoms with Gasteiger partial charge in [-0.05, 0) is 18.2 Å². The first-order chi connectivity index (χ1) is 6.84. The summed E-state index contributed by atoms with van der Waals surface area (Å²) in [6.07, 6.45) is 4.72. The van der Waals surface area contributed by atoms with Crippen molar-refractivity contribution in [2.24, 2.45) is 0 Å². The van der Waals surface area contributed by atoms with Crippen LogP contribution >= 0.6 is 0 Å². The van der Waals surface area contributed by atoms with Gasteiger partial charge < -0.3 is 9.73 Å². The minimum Gasteiger partial charge on any atom is -0.472 e. The van der Waals surface area contributed by atoms with Gasteiger partial charge in [-0.2, -0.15) is 4.39 Å². The summed E-state index contributed by atoms with van der Waals surface area (Å²) in [6.45, 7) is 0.643. The van der Waals surface area contributed by atoms with E-state index in [2.05, 4.69) is 10.3 Å². The number of aromatic nitrogens is 1. The van der Waals surface area contributed by atoms with Crippen LogP contribution in [0, 0.1) is 5.95 Å². The fraction of sp³-hybridized carbons (Fsp3) is 0.100. The molecule has 0 radical (unpaired) electrons. The molecule has 0 fully saturated rings. The van der Waals surface area contributed by atoms with E-state index in [9.17, 15) is 4.39 Å². The predicted octanol–water partition coefficient (Wildman–Crippen LogP) is 2.43. The lowest BCUT2D eigenvalue weighted by Crippen LogP contribution is -1.98. The minimum absolute atomic E-state index is 0.473. The molecule has 4 heteroatoms. The summed E-state index contributed by atoms with van der Waals surface area (Å²) in [6, 6.07) is 4.82. The van der Waals surface area contributed by atoms with Gasteiger partial charge in [0.25, 0.3) is 0 Å². The molecule has 2 aromatic heterocycles. The fourth-order valence-electron chi connectivity index (χ4n) is 1.08. The Morgan fingerprint density at radius 1 is 1.36 bits per heavy atom. The lowest BCUT2D eigenvalue weighted by molar-refractivity contribution is 0.564. The van der Waals surface area contributed by atoms with Crippen LogP contribution in [0.25, 0.3) is 0 Å². The number of halogens is 1. The largest absolute Gasteiger partial charge is 0.472 e. The van der Waals surface area contributed by atoms with Gasteiger partial charge in [-0.25, -0.2) is 4.98 Å². The monoisotopic (exact) mass is 192 g/mol. The van der Waals surface area contributed by atoms with Gasteiger partial charge in [0, 0.05) is 12.1 Å². The molecule has 72 valence electrons. The van der Waals surface area contributed by atoms with Crippen LogP contribution in [0.15, 0.2) is 41.3 Å². The predicted molar refractivity (Wildman–Crippen MR) is 50.2 cm³/mol. The van der Waals surface area contributed by atoms with E-state index in [1.54, 1.807) is 18.6 Å². The molecule has 0 saturated heterocycles. The Hall–Kier alpha value is -1.84. The van der Waals surface area contributed by atoms with Gasteiger partial charge in [0.15, 0.2) is 0 Å². The van der Waals surface area contributed by atoms with Gasteiger partial charge in [0.2, 0.25) is 5.95 Å². The van der Waals surface area contributed by atoms with E-state index < -0.39 is 5.95 Å². The first-order valence-electron chi connectivity index (χ1n) is 4.21. The second-order valence-electron chi connectivity index (χ2n) is 2.85. The highest BCUT2D eigenvalue weighted by Gasteiger charge is 1.95. The molecule has 0 spiro atoms. The normalized spacial score (nSPS) is 10.1. The van der Waals surface area contributed by atoms with Crippen LogP contribution in [0.5, 0.6) is 0 Å². The van der Waals surface area contributed by atoms with Crippen LogP contribution in [-0.2, 0) is 6.54 Å². The molecule has 3 nitrogen and oxygen atoms in total. The maximum absolute atomic E-state index is 12.4. The minimum atomic E-state index is -0.473. The highest BCUT2D eigenvalue weighted by molar-refractivity contribution is 5.40. The molecular formula is C10H9FN2O. The van der Waals surface area contributed by atoms with E-state index in [0.29, 0.717) is 6.54 Å². The molecule has 0 atom stereocenters. The van der Waals surface area contributed by atoms with Crippen LogP contribution in [0.2, 0.25) is 0 Å². The average Bonchev–Trinajstić information content (AvgIpc) is 2.70. The number of hydrogen-bond acceptors (Lipinski definition) is 3. The number of nitrogens with zero attached hydrogens (tertiary/aromatic N) is 1. The molecule has 0 bridgehead atoms. The molecule has 0 aliphatic heterocycles. The zero-order valence-corrected chi connectivity index (χ0v) is 7.40. The van der Waals surface area contributed by atoms with Gasteiger partial charge in [-0.1, -0.05) is 0 Å². The molecule has 0 amide bonds. The second-order valence-corrected chi connectivity index (χ2v) is 2.85. The maximum Gasteiger partial charge on any atom is 0.212 e. The lowest BCUT2D eigenvalue weighted by atomic mass is 10.3. The summed E-state index contributed by atoms with van der Waals surface area (Å²) in [5, 5.41) is 3.09. The van der Waals surface area contributed by atoms with Crippen molar-refractivity contribution in [3.8, 4) is 0 Å². The maximum atomic E-state index is 12.4.